The lowest BCUT2D eigenvalue weighted by Gasteiger charge is -2.30. The Bertz CT molecular complexity index is 652. The second kappa shape index (κ2) is 13.0. The molecule has 1 aliphatic rings. The Balaban J connectivity index is 0.00000420. The van der Waals surface area contributed by atoms with Gasteiger partial charge in [-0.05, 0) is 47.0 Å². The van der Waals surface area contributed by atoms with E-state index in [0.29, 0.717) is 30.8 Å². The number of hydrogen-bond acceptors (Lipinski definition) is 6. The third kappa shape index (κ3) is 8.45. The average Bonchev–Trinajstić information content (AvgIpc) is 3.14. The molecular formula is C19H35IN6O3. The highest BCUT2D eigenvalue weighted by molar-refractivity contribution is 14.0. The van der Waals surface area contributed by atoms with Crippen molar-refractivity contribution in [2.45, 2.75) is 78.1 Å². The van der Waals surface area contributed by atoms with Gasteiger partial charge in [-0.25, -0.2) is 0 Å². The van der Waals surface area contributed by atoms with Crippen LogP contribution in [0.5, 0.6) is 0 Å². The summed E-state index contributed by atoms with van der Waals surface area (Å²) in [4.78, 5) is 20.9. The van der Waals surface area contributed by atoms with E-state index in [4.69, 9.17) is 9.26 Å². The van der Waals surface area contributed by atoms with Crippen molar-refractivity contribution in [1.82, 2.24) is 26.1 Å². The molecule has 1 aromatic rings. The molecule has 29 heavy (non-hydrogen) atoms. The van der Waals surface area contributed by atoms with Crippen LogP contribution in [0.2, 0.25) is 0 Å². The van der Waals surface area contributed by atoms with E-state index in [1.807, 2.05) is 27.7 Å². The van der Waals surface area contributed by atoms with Crippen molar-refractivity contribution >= 4 is 35.8 Å². The first-order valence-corrected chi connectivity index (χ1v) is 10.1. The Labute approximate surface area is 190 Å². The van der Waals surface area contributed by atoms with E-state index in [1.54, 1.807) is 7.05 Å². The van der Waals surface area contributed by atoms with Crippen LogP contribution in [-0.2, 0) is 16.1 Å². The van der Waals surface area contributed by atoms with Gasteiger partial charge in [0.25, 0.3) is 0 Å². The molecule has 3 atom stereocenters. The lowest BCUT2D eigenvalue weighted by molar-refractivity contribution is -0.126. The van der Waals surface area contributed by atoms with Crippen molar-refractivity contribution in [2.75, 3.05) is 13.7 Å². The molecule has 0 spiro atoms. The summed E-state index contributed by atoms with van der Waals surface area (Å²) in [6.07, 6.45) is 3.58. The predicted octanol–water partition coefficient (Wildman–Crippen LogP) is 2.53. The van der Waals surface area contributed by atoms with Gasteiger partial charge in [0, 0.05) is 31.7 Å². The molecule has 10 heteroatoms. The number of aliphatic imine (C=N–C) groups is 1. The molecule has 166 valence electrons. The lowest BCUT2D eigenvalue weighted by Crippen LogP contribution is -2.47. The van der Waals surface area contributed by atoms with E-state index in [1.165, 1.54) is 0 Å². The number of rotatable bonds is 8. The number of ether oxygens (including phenoxy) is 1. The zero-order valence-electron chi connectivity index (χ0n) is 18.0. The molecule has 0 bridgehead atoms. The van der Waals surface area contributed by atoms with Gasteiger partial charge in [0.15, 0.2) is 11.8 Å². The SMILES string of the molecule is CCOC(C)c1noc(CNC(=NC)NC2CCCC(C(=O)NC(C)C)C2)n1.I. The number of nitrogens with zero attached hydrogens (tertiary/aromatic N) is 3. The molecule has 1 aromatic heterocycles. The van der Waals surface area contributed by atoms with Gasteiger partial charge >= 0.3 is 0 Å². The normalized spacial score (nSPS) is 20.7. The van der Waals surface area contributed by atoms with Gasteiger partial charge in [0.2, 0.25) is 11.8 Å². The minimum Gasteiger partial charge on any atom is -0.371 e. The first-order valence-electron chi connectivity index (χ1n) is 10.1. The largest absolute Gasteiger partial charge is 0.371 e. The van der Waals surface area contributed by atoms with Gasteiger partial charge in [-0.3, -0.25) is 9.79 Å². The van der Waals surface area contributed by atoms with Gasteiger partial charge in [0.1, 0.15) is 6.10 Å². The summed E-state index contributed by atoms with van der Waals surface area (Å²) >= 11 is 0. The molecule has 0 aromatic carbocycles. The summed E-state index contributed by atoms with van der Waals surface area (Å²) in [7, 11) is 1.72. The maximum atomic E-state index is 12.3. The molecule has 1 heterocycles. The highest BCUT2D eigenvalue weighted by atomic mass is 127. The van der Waals surface area contributed by atoms with Crippen LogP contribution in [0.4, 0.5) is 0 Å². The Hall–Kier alpha value is -1.43. The van der Waals surface area contributed by atoms with Crippen molar-refractivity contribution in [3.8, 4) is 0 Å². The molecule has 9 nitrogen and oxygen atoms in total. The van der Waals surface area contributed by atoms with Crippen LogP contribution in [0, 0.1) is 5.92 Å². The predicted molar refractivity (Wildman–Crippen MR) is 122 cm³/mol. The molecule has 3 unspecified atom stereocenters. The topological polar surface area (TPSA) is 114 Å². The summed E-state index contributed by atoms with van der Waals surface area (Å²) < 4.78 is 10.7. The smallest absolute Gasteiger partial charge is 0.246 e. The Kier molecular flexibility index (Phi) is 11.5. The van der Waals surface area contributed by atoms with Crippen molar-refractivity contribution in [2.24, 2.45) is 10.9 Å². The van der Waals surface area contributed by atoms with Gasteiger partial charge in [0.05, 0.1) is 6.54 Å². The third-order valence-corrected chi connectivity index (χ3v) is 4.71. The number of hydrogen-bond donors (Lipinski definition) is 3. The maximum absolute atomic E-state index is 12.3. The first-order chi connectivity index (χ1) is 13.4. The van der Waals surface area contributed by atoms with E-state index in [9.17, 15) is 4.79 Å². The molecule has 0 saturated heterocycles. The molecule has 0 radical (unpaired) electrons. The molecule has 3 N–H and O–H groups in total. The van der Waals surface area contributed by atoms with Crippen LogP contribution in [-0.4, -0.2) is 47.7 Å². The zero-order valence-corrected chi connectivity index (χ0v) is 20.4. The van der Waals surface area contributed by atoms with Crippen molar-refractivity contribution < 1.29 is 14.1 Å². The summed E-state index contributed by atoms with van der Waals surface area (Å²) in [6.45, 7) is 8.76. The molecule has 2 rings (SSSR count). The van der Waals surface area contributed by atoms with Gasteiger partial charge < -0.3 is 25.2 Å². The summed E-state index contributed by atoms with van der Waals surface area (Å²) in [5.41, 5.74) is 0. The zero-order chi connectivity index (χ0) is 20.5. The average molecular weight is 522 g/mol. The van der Waals surface area contributed by atoms with Crippen molar-refractivity contribution in [3.63, 3.8) is 0 Å². The van der Waals surface area contributed by atoms with Crippen LogP contribution in [0.3, 0.4) is 0 Å². The lowest BCUT2D eigenvalue weighted by atomic mass is 9.85. The van der Waals surface area contributed by atoms with Crippen LogP contribution in [0.15, 0.2) is 9.52 Å². The molecule has 1 saturated carbocycles. The Morgan fingerprint density at radius 1 is 1.34 bits per heavy atom. The van der Waals surface area contributed by atoms with Crippen LogP contribution < -0.4 is 16.0 Å². The number of halogens is 1. The van der Waals surface area contributed by atoms with Crippen molar-refractivity contribution in [1.29, 1.82) is 0 Å². The fraction of sp³-hybridized carbons (Fsp3) is 0.789. The number of guanidine groups is 1. The summed E-state index contributed by atoms with van der Waals surface area (Å²) in [5.74, 6) is 1.86. The van der Waals surface area contributed by atoms with E-state index < -0.39 is 0 Å². The molecule has 0 aliphatic heterocycles. The number of nitrogens with one attached hydrogen (secondary N) is 3. The number of aromatic nitrogens is 2. The van der Waals surface area contributed by atoms with Gasteiger partial charge in [-0.1, -0.05) is 11.6 Å². The number of amides is 1. The monoisotopic (exact) mass is 522 g/mol. The fourth-order valence-electron chi connectivity index (χ4n) is 3.34. The van der Waals surface area contributed by atoms with E-state index in [2.05, 4.69) is 31.1 Å². The fourth-order valence-corrected chi connectivity index (χ4v) is 3.34. The molecule has 1 aliphatic carbocycles. The molecule has 1 fully saturated rings. The van der Waals surface area contributed by atoms with E-state index in [0.717, 1.165) is 25.7 Å². The quantitative estimate of drug-likeness (QED) is 0.273. The molecular weight excluding hydrogens is 487 g/mol. The standard InChI is InChI=1S/C19H34N6O3.HI/c1-6-27-13(4)17-24-16(28-25-17)11-21-19(20-5)23-15-9-7-8-14(10-15)18(26)22-12(2)3;/h12-15H,6-11H2,1-5H3,(H,22,26)(H2,20,21,23);1H. The van der Waals surface area contributed by atoms with Crippen LogP contribution >= 0.6 is 24.0 Å². The highest BCUT2D eigenvalue weighted by Gasteiger charge is 2.28. The minimum absolute atomic E-state index is 0. The molecule has 1 amide bonds. The van der Waals surface area contributed by atoms with Crippen LogP contribution in [0.25, 0.3) is 0 Å². The van der Waals surface area contributed by atoms with E-state index in [-0.39, 0.29) is 54.0 Å². The highest BCUT2D eigenvalue weighted by Crippen LogP contribution is 2.24. The summed E-state index contributed by atoms with van der Waals surface area (Å²) in [5, 5.41) is 13.6. The second-order valence-electron chi connectivity index (χ2n) is 7.44. The number of carbonyl (C=O) groups excluding carboxylic acids is 1. The summed E-state index contributed by atoms with van der Waals surface area (Å²) in [6, 6.07) is 0.374. The first kappa shape index (κ1) is 25.6. The van der Waals surface area contributed by atoms with E-state index >= 15 is 0 Å². The van der Waals surface area contributed by atoms with Crippen LogP contribution in [0.1, 0.15) is 71.2 Å². The van der Waals surface area contributed by atoms with Crippen molar-refractivity contribution in [3.05, 3.63) is 11.7 Å². The minimum atomic E-state index is -0.198. The Morgan fingerprint density at radius 2 is 2.10 bits per heavy atom. The van der Waals surface area contributed by atoms with Gasteiger partial charge in [-0.2, -0.15) is 4.98 Å². The maximum Gasteiger partial charge on any atom is 0.246 e. The Morgan fingerprint density at radius 3 is 2.76 bits per heavy atom. The third-order valence-electron chi connectivity index (χ3n) is 4.71. The van der Waals surface area contributed by atoms with Gasteiger partial charge in [-0.15, -0.1) is 24.0 Å². The number of carbonyl (C=O) groups is 1. The second-order valence-corrected chi connectivity index (χ2v) is 7.44.